The van der Waals surface area contributed by atoms with Gasteiger partial charge in [-0.25, -0.2) is 0 Å². The van der Waals surface area contributed by atoms with Gasteiger partial charge >= 0.3 is 6.18 Å². The van der Waals surface area contributed by atoms with Gasteiger partial charge in [0.2, 0.25) is 0 Å². The van der Waals surface area contributed by atoms with Crippen LogP contribution in [0.3, 0.4) is 0 Å². The second-order valence-electron chi connectivity index (χ2n) is 4.29. The van der Waals surface area contributed by atoms with Crippen LogP contribution in [-0.4, -0.2) is 19.3 Å². The van der Waals surface area contributed by atoms with Crippen LogP contribution in [0.1, 0.15) is 11.1 Å². The van der Waals surface area contributed by atoms with Gasteiger partial charge < -0.3 is 5.32 Å². The molecule has 1 N–H and O–H groups in total. The Bertz CT molecular complexity index is 335. The summed E-state index contributed by atoms with van der Waals surface area (Å²) in [4.78, 5) is 0. The van der Waals surface area contributed by atoms with Gasteiger partial charge in [0.1, 0.15) is 0 Å². The molecule has 0 aromatic heterocycles. The molecular weight excluding hydrogens is 215 g/mol. The first-order valence-corrected chi connectivity index (χ1v) is 5.39. The fourth-order valence-electron chi connectivity index (χ4n) is 2.21. The minimum Gasteiger partial charge on any atom is -0.308 e. The summed E-state index contributed by atoms with van der Waals surface area (Å²) in [5, 5.41) is 2.48. The van der Waals surface area contributed by atoms with Crippen molar-refractivity contribution in [3.8, 4) is 0 Å². The van der Waals surface area contributed by atoms with E-state index in [1.165, 1.54) is 11.1 Å². The summed E-state index contributed by atoms with van der Waals surface area (Å²) in [6, 6.07) is 8.06. The molecule has 0 saturated heterocycles. The highest BCUT2D eigenvalue weighted by molar-refractivity contribution is 5.32. The first-order valence-electron chi connectivity index (χ1n) is 5.39. The van der Waals surface area contributed by atoms with Crippen molar-refractivity contribution in [2.45, 2.75) is 19.0 Å². The number of nitrogens with one attached hydrogen (secondary N) is 1. The molecule has 0 saturated carbocycles. The molecule has 0 heterocycles. The highest BCUT2D eigenvalue weighted by Gasteiger charge is 2.27. The van der Waals surface area contributed by atoms with Gasteiger partial charge in [0.25, 0.3) is 0 Å². The Morgan fingerprint density at radius 2 is 1.69 bits per heavy atom. The third kappa shape index (κ3) is 2.98. The smallest absolute Gasteiger partial charge is 0.308 e. The summed E-state index contributed by atoms with van der Waals surface area (Å²) in [6.07, 6.45) is -2.33. The molecule has 1 aliphatic carbocycles. The quantitative estimate of drug-likeness (QED) is 0.840. The first-order chi connectivity index (χ1) is 7.54. The molecule has 1 aromatic carbocycles. The molecule has 0 amide bonds. The average molecular weight is 229 g/mol. The standard InChI is InChI=1S/C12H14F3N/c13-12(14,15)8-16-7-9-5-10-3-1-2-4-11(10)6-9/h1-4,9,16H,5-8H2. The number of fused-ring (bicyclic) bond motifs is 1. The maximum Gasteiger partial charge on any atom is 0.401 e. The summed E-state index contributed by atoms with van der Waals surface area (Å²) >= 11 is 0. The van der Waals surface area contributed by atoms with Gasteiger partial charge in [0.15, 0.2) is 0 Å². The molecule has 0 radical (unpaired) electrons. The minimum absolute atomic E-state index is 0.305. The van der Waals surface area contributed by atoms with Crippen molar-refractivity contribution in [3.05, 3.63) is 35.4 Å². The predicted molar refractivity (Wildman–Crippen MR) is 56.3 cm³/mol. The van der Waals surface area contributed by atoms with Crippen LogP contribution >= 0.6 is 0 Å². The number of halogens is 3. The van der Waals surface area contributed by atoms with Gasteiger partial charge in [-0.1, -0.05) is 24.3 Å². The fourth-order valence-corrected chi connectivity index (χ4v) is 2.21. The summed E-state index contributed by atoms with van der Waals surface area (Å²) < 4.78 is 35.8. The molecule has 16 heavy (non-hydrogen) atoms. The second kappa shape index (κ2) is 4.45. The highest BCUT2D eigenvalue weighted by Crippen LogP contribution is 2.26. The van der Waals surface area contributed by atoms with E-state index < -0.39 is 12.7 Å². The normalized spacial score (nSPS) is 16.4. The van der Waals surface area contributed by atoms with Crippen LogP contribution in [0.15, 0.2) is 24.3 Å². The van der Waals surface area contributed by atoms with Gasteiger partial charge in [0, 0.05) is 0 Å². The zero-order valence-corrected chi connectivity index (χ0v) is 8.85. The number of hydrogen-bond acceptors (Lipinski definition) is 1. The van der Waals surface area contributed by atoms with Gasteiger partial charge in [0.05, 0.1) is 6.54 Å². The Morgan fingerprint density at radius 1 is 1.12 bits per heavy atom. The molecule has 0 fully saturated rings. The molecule has 0 spiro atoms. The van der Waals surface area contributed by atoms with Gasteiger partial charge in [-0.2, -0.15) is 13.2 Å². The Hall–Kier alpha value is -1.03. The van der Waals surface area contributed by atoms with Crippen molar-refractivity contribution < 1.29 is 13.2 Å². The largest absolute Gasteiger partial charge is 0.401 e. The van der Waals surface area contributed by atoms with Crippen LogP contribution in [0, 0.1) is 5.92 Å². The third-order valence-electron chi connectivity index (χ3n) is 2.89. The summed E-state index contributed by atoms with van der Waals surface area (Å²) in [7, 11) is 0. The summed E-state index contributed by atoms with van der Waals surface area (Å²) in [5.41, 5.74) is 2.56. The van der Waals surface area contributed by atoms with E-state index in [1.54, 1.807) is 0 Å². The lowest BCUT2D eigenvalue weighted by Gasteiger charge is -2.12. The topological polar surface area (TPSA) is 12.0 Å². The fraction of sp³-hybridized carbons (Fsp3) is 0.500. The van der Waals surface area contributed by atoms with Crippen molar-refractivity contribution in [2.24, 2.45) is 5.92 Å². The van der Waals surface area contributed by atoms with E-state index in [2.05, 4.69) is 17.4 Å². The molecule has 1 nitrogen and oxygen atoms in total. The molecule has 0 unspecified atom stereocenters. The van der Waals surface area contributed by atoms with Crippen LogP contribution in [0.25, 0.3) is 0 Å². The predicted octanol–water partition coefficient (Wildman–Crippen LogP) is 2.55. The van der Waals surface area contributed by atoms with Crippen molar-refractivity contribution in [3.63, 3.8) is 0 Å². The van der Waals surface area contributed by atoms with Crippen LogP contribution in [0.5, 0.6) is 0 Å². The molecule has 4 heteroatoms. The van der Waals surface area contributed by atoms with E-state index in [0.29, 0.717) is 12.5 Å². The second-order valence-corrected chi connectivity index (χ2v) is 4.29. The molecule has 1 aromatic rings. The van der Waals surface area contributed by atoms with Gasteiger partial charge in [-0.05, 0) is 36.4 Å². The lowest BCUT2D eigenvalue weighted by molar-refractivity contribution is -0.125. The number of rotatable bonds is 3. The van der Waals surface area contributed by atoms with Crippen molar-refractivity contribution in [1.29, 1.82) is 0 Å². The van der Waals surface area contributed by atoms with Gasteiger partial charge in [-0.15, -0.1) is 0 Å². The molecule has 0 aliphatic heterocycles. The zero-order valence-electron chi connectivity index (χ0n) is 8.85. The molecular formula is C12H14F3N. The lowest BCUT2D eigenvalue weighted by Crippen LogP contribution is -2.32. The minimum atomic E-state index is -4.11. The molecule has 0 bridgehead atoms. The van der Waals surface area contributed by atoms with Crippen LogP contribution in [0.2, 0.25) is 0 Å². The Balaban J connectivity index is 1.79. The Morgan fingerprint density at radius 3 is 2.19 bits per heavy atom. The van der Waals surface area contributed by atoms with Crippen molar-refractivity contribution in [1.82, 2.24) is 5.32 Å². The maximum absolute atomic E-state index is 11.9. The average Bonchev–Trinajstić information content (AvgIpc) is 2.57. The third-order valence-corrected chi connectivity index (χ3v) is 2.89. The van der Waals surface area contributed by atoms with Crippen molar-refractivity contribution >= 4 is 0 Å². The van der Waals surface area contributed by atoms with E-state index in [1.807, 2.05) is 12.1 Å². The number of alkyl halides is 3. The molecule has 0 atom stereocenters. The van der Waals surface area contributed by atoms with Crippen LogP contribution in [-0.2, 0) is 12.8 Å². The van der Waals surface area contributed by atoms with E-state index >= 15 is 0 Å². The van der Waals surface area contributed by atoms with Gasteiger partial charge in [-0.3, -0.25) is 0 Å². The molecule has 2 rings (SSSR count). The highest BCUT2D eigenvalue weighted by atomic mass is 19.4. The first kappa shape index (κ1) is 11.5. The monoisotopic (exact) mass is 229 g/mol. The maximum atomic E-state index is 11.9. The van der Waals surface area contributed by atoms with E-state index in [0.717, 1.165) is 12.8 Å². The summed E-state index contributed by atoms with van der Waals surface area (Å²) in [5.74, 6) is 0.305. The lowest BCUT2D eigenvalue weighted by atomic mass is 10.1. The van der Waals surface area contributed by atoms with E-state index in [9.17, 15) is 13.2 Å². The zero-order chi connectivity index (χ0) is 11.6. The molecule has 1 aliphatic rings. The van der Waals surface area contributed by atoms with E-state index in [-0.39, 0.29) is 0 Å². The number of benzene rings is 1. The Labute approximate surface area is 92.7 Å². The van der Waals surface area contributed by atoms with Crippen LogP contribution < -0.4 is 5.32 Å². The summed E-state index contributed by atoms with van der Waals surface area (Å²) in [6.45, 7) is -0.450. The Kier molecular flexibility index (Phi) is 3.19. The molecule has 88 valence electrons. The van der Waals surface area contributed by atoms with Crippen LogP contribution in [0.4, 0.5) is 13.2 Å². The SMILES string of the molecule is FC(F)(F)CNCC1Cc2ccccc2C1. The van der Waals surface area contributed by atoms with Crippen molar-refractivity contribution in [2.75, 3.05) is 13.1 Å². The number of hydrogen-bond donors (Lipinski definition) is 1. The van der Waals surface area contributed by atoms with E-state index in [4.69, 9.17) is 0 Å².